The first-order chi connectivity index (χ1) is 27.9. The van der Waals surface area contributed by atoms with E-state index in [4.69, 9.17) is 39.1 Å². The number of carboxylic acids is 2. The first-order valence-electron chi connectivity index (χ1n) is 20.0. The summed E-state index contributed by atoms with van der Waals surface area (Å²) in [6.45, 7) is 5.34. The number of aliphatic carboxylic acids is 2. The molecule has 0 aliphatic heterocycles. The second-order valence-corrected chi connectivity index (χ2v) is 15.4. The van der Waals surface area contributed by atoms with Gasteiger partial charge in [-0.2, -0.15) is 9.97 Å². The number of aliphatic hydroxyl groups is 2. The van der Waals surface area contributed by atoms with Gasteiger partial charge >= 0.3 is 11.9 Å². The summed E-state index contributed by atoms with van der Waals surface area (Å²) in [5, 5.41) is 41.0. The molecule has 0 bridgehead atoms. The number of ether oxygens (including phenoxy) is 4. The van der Waals surface area contributed by atoms with Crippen molar-refractivity contribution in [3.05, 3.63) is 93.0 Å². The van der Waals surface area contributed by atoms with E-state index >= 15 is 0 Å². The van der Waals surface area contributed by atoms with E-state index in [9.17, 15) is 19.8 Å². The Labute approximate surface area is 339 Å². The Kier molecular flexibility index (Phi) is 14.2. The minimum absolute atomic E-state index is 0.132. The van der Waals surface area contributed by atoms with Crippen LogP contribution in [0.5, 0.6) is 23.5 Å². The summed E-state index contributed by atoms with van der Waals surface area (Å²) in [4.78, 5) is 31.4. The molecule has 0 unspecified atom stereocenters. The summed E-state index contributed by atoms with van der Waals surface area (Å²) in [5.41, 5.74) is 10.3. The number of benzene rings is 2. The molecule has 2 heterocycles. The molecule has 2 aromatic carbocycles. The molecule has 0 radical (unpaired) electrons. The lowest BCUT2D eigenvalue weighted by molar-refractivity contribution is -0.140. The van der Waals surface area contributed by atoms with Gasteiger partial charge in [0, 0.05) is 35.3 Å². The molecule has 2 saturated carbocycles. The van der Waals surface area contributed by atoms with E-state index in [-0.39, 0.29) is 19.4 Å². The molecule has 0 amide bonds. The number of aryl methyl sites for hydroxylation is 1. The Morgan fingerprint density at radius 1 is 0.707 bits per heavy atom. The van der Waals surface area contributed by atoms with E-state index in [2.05, 4.69) is 49.5 Å². The van der Waals surface area contributed by atoms with Gasteiger partial charge in [0.25, 0.3) is 0 Å². The maximum absolute atomic E-state index is 11.0. The topological polar surface area (TPSA) is 190 Å². The number of hydrogen-bond acceptors (Lipinski definition) is 11. The SMILES string of the molecule is COc1nc(OCc2cccc(-c3cccc(COc4nc(OC)c(CNC[C@H](O)CC(=O)O)cc4C4CC4)c3C)c2C)c(C2CC2)cc1CCC[C@H](O)CC(=O)O. The van der Waals surface area contributed by atoms with Crippen molar-refractivity contribution in [1.82, 2.24) is 15.3 Å². The van der Waals surface area contributed by atoms with Crippen LogP contribution in [0.15, 0.2) is 48.5 Å². The van der Waals surface area contributed by atoms with Gasteiger partial charge in [0.1, 0.15) is 13.2 Å². The van der Waals surface area contributed by atoms with E-state index in [0.717, 1.165) is 81.3 Å². The fraction of sp³-hybridized carbons (Fsp3) is 0.467. The zero-order valence-electron chi connectivity index (χ0n) is 33.8. The van der Waals surface area contributed by atoms with E-state index < -0.39 is 24.1 Å². The zero-order valence-corrected chi connectivity index (χ0v) is 33.8. The van der Waals surface area contributed by atoms with E-state index in [0.29, 0.717) is 74.4 Å². The van der Waals surface area contributed by atoms with Crippen LogP contribution in [-0.2, 0) is 35.8 Å². The Balaban J connectivity index is 1.15. The van der Waals surface area contributed by atoms with E-state index in [1.807, 2.05) is 18.2 Å². The molecule has 58 heavy (non-hydrogen) atoms. The highest BCUT2D eigenvalue weighted by molar-refractivity contribution is 5.72. The average Bonchev–Trinajstić information content (AvgIpc) is 4.12. The molecular weight excluding hydrogens is 743 g/mol. The normalized spacial score (nSPS) is 14.8. The van der Waals surface area contributed by atoms with Crippen LogP contribution in [0.25, 0.3) is 11.1 Å². The zero-order chi connectivity index (χ0) is 41.3. The number of nitrogens with one attached hydrogen (secondary N) is 1. The standard InChI is InChI=1S/C45H55N3O10/c1-26-31(24-57-44-38(28-14-15-28)18-30(42(47-44)55-3)8-5-11-34(49)20-40(51)52)9-6-12-36(26)37-13-7-10-32(27(37)2)25-58-45-39(29-16-17-29)19-33(43(48-45)56-4)22-46-23-35(50)21-41(53)54/h6-7,9-10,12-13,18-19,28-29,34-35,46,49-50H,5,8,11,14-17,20-25H2,1-4H3,(H,51,52)(H,53,54)/t34-,35+/m0/s1. The van der Waals surface area contributed by atoms with E-state index in [1.165, 1.54) is 0 Å². The lowest BCUT2D eigenvalue weighted by Gasteiger charge is -2.19. The highest BCUT2D eigenvalue weighted by Crippen LogP contribution is 2.46. The maximum Gasteiger partial charge on any atom is 0.306 e. The van der Waals surface area contributed by atoms with Crippen molar-refractivity contribution >= 4 is 11.9 Å². The number of carbonyl (C=O) groups is 2. The smallest absolute Gasteiger partial charge is 0.306 e. The van der Waals surface area contributed by atoms with Gasteiger partial charge in [0.15, 0.2) is 0 Å². The molecule has 5 N–H and O–H groups in total. The molecule has 13 nitrogen and oxygen atoms in total. The molecule has 4 aromatic rings. The first kappa shape index (κ1) is 42.4. The van der Waals surface area contributed by atoms with Crippen molar-refractivity contribution in [3.63, 3.8) is 0 Å². The number of pyridine rings is 2. The molecule has 2 atom stereocenters. The molecule has 2 aliphatic rings. The number of methoxy groups -OCH3 is 2. The first-order valence-corrected chi connectivity index (χ1v) is 20.0. The van der Waals surface area contributed by atoms with Crippen molar-refractivity contribution in [1.29, 1.82) is 0 Å². The molecule has 6 rings (SSSR count). The molecule has 0 spiro atoms. The molecule has 13 heteroatoms. The van der Waals surface area contributed by atoms with Crippen LogP contribution in [0.3, 0.4) is 0 Å². The molecule has 310 valence electrons. The summed E-state index contributed by atoms with van der Waals surface area (Å²) in [7, 11) is 3.14. The summed E-state index contributed by atoms with van der Waals surface area (Å²) < 4.78 is 24.2. The van der Waals surface area contributed by atoms with Crippen LogP contribution in [0.4, 0.5) is 0 Å². The lowest BCUT2D eigenvalue weighted by Crippen LogP contribution is -2.28. The lowest BCUT2D eigenvalue weighted by atomic mass is 9.92. The van der Waals surface area contributed by atoms with Crippen LogP contribution >= 0.6 is 0 Å². The third-order valence-electron chi connectivity index (χ3n) is 10.9. The second-order valence-electron chi connectivity index (χ2n) is 15.4. The number of aliphatic hydroxyl groups excluding tert-OH is 2. The monoisotopic (exact) mass is 797 g/mol. The fourth-order valence-corrected chi connectivity index (χ4v) is 7.38. The number of rotatable bonds is 23. The Morgan fingerprint density at radius 2 is 1.19 bits per heavy atom. The Bertz CT molecular complexity index is 1930. The minimum Gasteiger partial charge on any atom is -0.481 e. The Morgan fingerprint density at radius 3 is 1.67 bits per heavy atom. The highest BCUT2D eigenvalue weighted by atomic mass is 16.5. The van der Waals surface area contributed by atoms with Crippen LogP contribution in [0, 0.1) is 13.8 Å². The summed E-state index contributed by atoms with van der Waals surface area (Å²) in [6, 6.07) is 16.6. The van der Waals surface area contributed by atoms with Crippen molar-refractivity contribution in [2.45, 2.75) is 115 Å². The van der Waals surface area contributed by atoms with Gasteiger partial charge in [-0.3, -0.25) is 9.59 Å². The summed E-state index contributed by atoms with van der Waals surface area (Å²) in [6.07, 6.45) is 3.34. The predicted molar refractivity (Wildman–Crippen MR) is 217 cm³/mol. The highest BCUT2D eigenvalue weighted by Gasteiger charge is 2.31. The molecule has 0 saturated heterocycles. The van der Waals surface area contributed by atoms with Gasteiger partial charge in [-0.15, -0.1) is 0 Å². The van der Waals surface area contributed by atoms with Crippen molar-refractivity contribution in [2.24, 2.45) is 0 Å². The molecule has 2 aliphatic carbocycles. The maximum atomic E-state index is 11.0. The van der Waals surface area contributed by atoms with Gasteiger partial charge in [0.2, 0.25) is 23.5 Å². The summed E-state index contributed by atoms with van der Waals surface area (Å²) in [5.74, 6) is 0.637. The predicted octanol–water partition coefficient (Wildman–Crippen LogP) is 6.77. The van der Waals surface area contributed by atoms with Gasteiger partial charge in [-0.05, 0) is 116 Å². The second kappa shape index (κ2) is 19.5. The number of hydrogen-bond donors (Lipinski definition) is 5. The van der Waals surface area contributed by atoms with Crippen molar-refractivity contribution in [2.75, 3.05) is 20.8 Å². The molecule has 2 aromatic heterocycles. The molecular formula is C45H55N3O10. The number of carboxylic acid groups (broad SMARTS) is 2. The van der Waals surface area contributed by atoms with E-state index in [1.54, 1.807) is 14.2 Å². The number of aromatic nitrogens is 2. The summed E-state index contributed by atoms with van der Waals surface area (Å²) >= 11 is 0. The third-order valence-corrected chi connectivity index (χ3v) is 10.9. The quantitative estimate of drug-likeness (QED) is 0.0529. The number of nitrogens with zero attached hydrogens (tertiary/aromatic N) is 2. The van der Waals surface area contributed by atoms with Crippen LogP contribution in [-0.4, -0.2) is 75.3 Å². The largest absolute Gasteiger partial charge is 0.481 e. The van der Waals surface area contributed by atoms with Crippen LogP contribution in [0.2, 0.25) is 0 Å². The van der Waals surface area contributed by atoms with Gasteiger partial charge in [-0.25, -0.2) is 0 Å². The third kappa shape index (κ3) is 11.0. The van der Waals surface area contributed by atoms with Crippen LogP contribution in [0.1, 0.15) is 108 Å². The molecule has 2 fully saturated rings. The van der Waals surface area contributed by atoms with Gasteiger partial charge < -0.3 is 44.7 Å². The van der Waals surface area contributed by atoms with Gasteiger partial charge in [-0.1, -0.05) is 36.4 Å². The Hall–Kier alpha value is -5.24. The van der Waals surface area contributed by atoms with Crippen LogP contribution < -0.4 is 24.3 Å². The van der Waals surface area contributed by atoms with Crippen molar-refractivity contribution in [3.8, 4) is 34.6 Å². The van der Waals surface area contributed by atoms with Crippen molar-refractivity contribution < 1.29 is 49.0 Å². The van der Waals surface area contributed by atoms with Gasteiger partial charge in [0.05, 0.1) is 39.3 Å². The average molecular weight is 798 g/mol. The minimum atomic E-state index is -1.05. The fourth-order valence-electron chi connectivity index (χ4n) is 7.38.